The highest BCUT2D eigenvalue weighted by Crippen LogP contribution is 2.27. The Labute approximate surface area is 112 Å². The molecule has 0 unspecified atom stereocenters. The summed E-state index contributed by atoms with van der Waals surface area (Å²) in [5, 5.41) is 14.8. The number of amides is 2. The molecule has 1 aromatic rings. The van der Waals surface area contributed by atoms with E-state index >= 15 is 0 Å². The van der Waals surface area contributed by atoms with E-state index in [0.29, 0.717) is 18.0 Å². The van der Waals surface area contributed by atoms with Gasteiger partial charge in [0.15, 0.2) is 0 Å². The minimum atomic E-state index is -0.554. The van der Waals surface area contributed by atoms with E-state index in [-0.39, 0.29) is 12.6 Å². The maximum atomic E-state index is 11.7. The highest BCUT2D eigenvalue weighted by molar-refractivity contribution is 6.31. The summed E-state index contributed by atoms with van der Waals surface area (Å²) in [6.45, 7) is 4.29. The van der Waals surface area contributed by atoms with Crippen molar-refractivity contribution in [2.75, 3.05) is 13.2 Å². The molecule has 0 bridgehead atoms. The van der Waals surface area contributed by atoms with E-state index in [4.69, 9.17) is 16.7 Å². The number of halogens is 1. The van der Waals surface area contributed by atoms with Crippen molar-refractivity contribution >= 4 is 17.6 Å². The molecule has 0 atom stereocenters. The van der Waals surface area contributed by atoms with E-state index in [1.807, 2.05) is 32.0 Å². The van der Waals surface area contributed by atoms with Crippen LogP contribution in [-0.2, 0) is 5.54 Å². The van der Waals surface area contributed by atoms with Gasteiger partial charge in [0.1, 0.15) is 0 Å². The minimum Gasteiger partial charge on any atom is -0.396 e. The summed E-state index contributed by atoms with van der Waals surface area (Å²) in [6.07, 6.45) is 0.542. The molecule has 100 valence electrons. The molecule has 0 aliphatic carbocycles. The zero-order valence-corrected chi connectivity index (χ0v) is 11.4. The van der Waals surface area contributed by atoms with E-state index in [1.54, 1.807) is 6.07 Å². The van der Waals surface area contributed by atoms with Crippen molar-refractivity contribution in [3.63, 3.8) is 0 Å². The maximum Gasteiger partial charge on any atom is 0.315 e. The summed E-state index contributed by atoms with van der Waals surface area (Å²) in [6, 6.07) is 7.14. The number of aliphatic hydroxyl groups excluding tert-OH is 1. The SMILES string of the molecule is CC(C)(NC(=O)NCCCO)c1ccccc1Cl. The quantitative estimate of drug-likeness (QED) is 0.719. The number of rotatable bonds is 5. The van der Waals surface area contributed by atoms with Crippen molar-refractivity contribution in [2.45, 2.75) is 25.8 Å². The molecule has 0 radical (unpaired) electrons. The fraction of sp³-hybridized carbons (Fsp3) is 0.462. The van der Waals surface area contributed by atoms with Gasteiger partial charge in [-0.1, -0.05) is 29.8 Å². The molecular formula is C13H19ClN2O2. The monoisotopic (exact) mass is 270 g/mol. The van der Waals surface area contributed by atoms with Crippen LogP contribution in [0.15, 0.2) is 24.3 Å². The van der Waals surface area contributed by atoms with Crippen LogP contribution >= 0.6 is 11.6 Å². The first-order valence-electron chi connectivity index (χ1n) is 5.89. The Balaban J connectivity index is 2.64. The smallest absolute Gasteiger partial charge is 0.315 e. The Morgan fingerprint density at radius 1 is 1.39 bits per heavy atom. The summed E-state index contributed by atoms with van der Waals surface area (Å²) in [5.41, 5.74) is 0.311. The lowest BCUT2D eigenvalue weighted by Gasteiger charge is -2.27. The van der Waals surface area contributed by atoms with Gasteiger partial charge in [-0.25, -0.2) is 4.79 Å². The third kappa shape index (κ3) is 4.20. The van der Waals surface area contributed by atoms with Gasteiger partial charge in [0.2, 0.25) is 0 Å². The molecule has 2 amide bonds. The molecule has 1 aromatic carbocycles. The summed E-state index contributed by atoms with van der Waals surface area (Å²) < 4.78 is 0. The number of nitrogens with one attached hydrogen (secondary N) is 2. The van der Waals surface area contributed by atoms with Crippen molar-refractivity contribution in [1.82, 2.24) is 10.6 Å². The standard InChI is InChI=1S/C13H19ClN2O2/c1-13(2,10-6-3-4-7-11(10)14)16-12(18)15-8-5-9-17/h3-4,6-7,17H,5,8-9H2,1-2H3,(H2,15,16,18). The molecule has 1 rings (SSSR count). The first-order valence-corrected chi connectivity index (χ1v) is 6.27. The van der Waals surface area contributed by atoms with Gasteiger partial charge in [0.05, 0.1) is 5.54 Å². The Hall–Kier alpha value is -1.26. The summed E-state index contributed by atoms with van der Waals surface area (Å²) in [4.78, 5) is 11.7. The second-order valence-corrected chi connectivity index (χ2v) is 4.97. The molecule has 0 aliphatic heterocycles. The van der Waals surface area contributed by atoms with E-state index in [1.165, 1.54) is 0 Å². The van der Waals surface area contributed by atoms with Gasteiger partial charge < -0.3 is 15.7 Å². The molecular weight excluding hydrogens is 252 g/mol. The van der Waals surface area contributed by atoms with E-state index in [2.05, 4.69) is 10.6 Å². The van der Waals surface area contributed by atoms with Crippen LogP contribution < -0.4 is 10.6 Å². The summed E-state index contributed by atoms with van der Waals surface area (Å²) in [7, 11) is 0. The molecule has 3 N–H and O–H groups in total. The molecule has 0 saturated heterocycles. The lowest BCUT2D eigenvalue weighted by atomic mass is 9.94. The maximum absolute atomic E-state index is 11.7. The van der Waals surface area contributed by atoms with Gasteiger partial charge in [-0.15, -0.1) is 0 Å². The molecule has 0 aromatic heterocycles. The molecule has 18 heavy (non-hydrogen) atoms. The fourth-order valence-electron chi connectivity index (χ4n) is 1.64. The number of aliphatic hydroxyl groups is 1. The number of urea groups is 1. The Bertz CT molecular complexity index is 408. The van der Waals surface area contributed by atoms with Crippen molar-refractivity contribution in [3.05, 3.63) is 34.9 Å². The van der Waals surface area contributed by atoms with Crippen LogP contribution in [0.25, 0.3) is 0 Å². The third-order valence-electron chi connectivity index (χ3n) is 2.59. The Morgan fingerprint density at radius 2 is 2.06 bits per heavy atom. The second-order valence-electron chi connectivity index (χ2n) is 4.56. The van der Waals surface area contributed by atoms with Crippen LogP contribution in [0, 0.1) is 0 Å². The van der Waals surface area contributed by atoms with Crippen LogP contribution in [0.4, 0.5) is 4.79 Å². The normalized spacial score (nSPS) is 11.1. The van der Waals surface area contributed by atoms with Gasteiger partial charge in [-0.3, -0.25) is 0 Å². The Morgan fingerprint density at radius 3 is 2.67 bits per heavy atom. The molecule has 5 heteroatoms. The number of carbonyl (C=O) groups excluding carboxylic acids is 1. The highest BCUT2D eigenvalue weighted by atomic mass is 35.5. The molecule has 0 fully saturated rings. The first kappa shape index (κ1) is 14.8. The van der Waals surface area contributed by atoms with Crippen molar-refractivity contribution in [3.8, 4) is 0 Å². The van der Waals surface area contributed by atoms with E-state index in [0.717, 1.165) is 5.56 Å². The zero-order valence-electron chi connectivity index (χ0n) is 10.7. The largest absolute Gasteiger partial charge is 0.396 e. The number of benzene rings is 1. The molecule has 0 aliphatic rings. The van der Waals surface area contributed by atoms with Crippen LogP contribution in [0.2, 0.25) is 5.02 Å². The second kappa shape index (κ2) is 6.61. The predicted molar refractivity (Wildman–Crippen MR) is 72.7 cm³/mol. The van der Waals surface area contributed by atoms with Crippen LogP contribution in [0.3, 0.4) is 0 Å². The number of hydrogen-bond acceptors (Lipinski definition) is 2. The molecule has 4 nitrogen and oxygen atoms in total. The Kier molecular flexibility index (Phi) is 5.44. The third-order valence-corrected chi connectivity index (χ3v) is 2.92. The average molecular weight is 271 g/mol. The first-order chi connectivity index (χ1) is 8.47. The molecule has 0 saturated carbocycles. The van der Waals surface area contributed by atoms with Crippen molar-refractivity contribution in [1.29, 1.82) is 0 Å². The average Bonchev–Trinajstić information content (AvgIpc) is 2.29. The zero-order chi connectivity index (χ0) is 13.6. The van der Waals surface area contributed by atoms with E-state index < -0.39 is 5.54 Å². The van der Waals surface area contributed by atoms with Crippen molar-refractivity contribution < 1.29 is 9.90 Å². The van der Waals surface area contributed by atoms with Crippen molar-refractivity contribution in [2.24, 2.45) is 0 Å². The topological polar surface area (TPSA) is 61.4 Å². The summed E-state index contributed by atoms with van der Waals surface area (Å²) >= 11 is 6.11. The van der Waals surface area contributed by atoms with Crippen LogP contribution in [0.1, 0.15) is 25.8 Å². The number of carbonyl (C=O) groups is 1. The predicted octanol–water partition coefficient (Wildman–Crippen LogP) is 2.26. The lowest BCUT2D eigenvalue weighted by Crippen LogP contribution is -2.46. The lowest BCUT2D eigenvalue weighted by molar-refractivity contribution is 0.227. The summed E-state index contributed by atoms with van der Waals surface area (Å²) in [5.74, 6) is 0. The van der Waals surface area contributed by atoms with Gasteiger partial charge in [0.25, 0.3) is 0 Å². The fourth-order valence-corrected chi connectivity index (χ4v) is 2.02. The highest BCUT2D eigenvalue weighted by Gasteiger charge is 2.24. The van der Waals surface area contributed by atoms with Crippen LogP contribution in [0.5, 0.6) is 0 Å². The van der Waals surface area contributed by atoms with E-state index in [9.17, 15) is 4.79 Å². The van der Waals surface area contributed by atoms with Gasteiger partial charge in [-0.2, -0.15) is 0 Å². The van der Waals surface area contributed by atoms with Gasteiger partial charge in [-0.05, 0) is 31.9 Å². The molecule has 0 spiro atoms. The van der Waals surface area contributed by atoms with Crippen LogP contribution in [-0.4, -0.2) is 24.3 Å². The molecule has 0 heterocycles. The number of hydrogen-bond donors (Lipinski definition) is 3. The van der Waals surface area contributed by atoms with Gasteiger partial charge in [0, 0.05) is 18.2 Å². The van der Waals surface area contributed by atoms with Gasteiger partial charge >= 0.3 is 6.03 Å². The minimum absolute atomic E-state index is 0.0637.